The highest BCUT2D eigenvalue weighted by molar-refractivity contribution is 5.44. The van der Waals surface area contributed by atoms with Gasteiger partial charge in [-0.05, 0) is 18.6 Å². The molecule has 0 aliphatic carbocycles. The normalized spacial score (nSPS) is 10.0. The first-order valence-electron chi connectivity index (χ1n) is 5.24. The van der Waals surface area contributed by atoms with Crippen LogP contribution in [-0.4, -0.2) is 14.5 Å². The van der Waals surface area contributed by atoms with E-state index in [9.17, 15) is 0 Å². The number of rotatable bonds is 3. The Kier molecular flexibility index (Phi) is 2.97. The quantitative estimate of drug-likeness (QED) is 0.782. The van der Waals surface area contributed by atoms with Crippen molar-refractivity contribution < 1.29 is 0 Å². The summed E-state index contributed by atoms with van der Waals surface area (Å²) in [6.07, 6.45) is 7.16. The van der Waals surface area contributed by atoms with Gasteiger partial charge in [-0.3, -0.25) is 0 Å². The Labute approximate surface area is 94.2 Å². The van der Waals surface area contributed by atoms with Crippen molar-refractivity contribution in [2.45, 2.75) is 19.8 Å². The Morgan fingerprint density at radius 3 is 3.00 bits per heavy atom. The molecule has 0 aromatic carbocycles. The fourth-order valence-corrected chi connectivity index (χ4v) is 1.64. The smallest absolute Gasteiger partial charge is 0.164 e. The van der Waals surface area contributed by atoms with E-state index in [1.807, 2.05) is 22.9 Å². The van der Waals surface area contributed by atoms with Gasteiger partial charge < -0.3 is 4.57 Å². The second kappa shape index (κ2) is 4.58. The molecule has 16 heavy (non-hydrogen) atoms. The highest BCUT2D eigenvalue weighted by atomic mass is 15.1. The molecule has 0 N–H and O–H groups in total. The number of hydrogen-bond acceptors (Lipinski definition) is 3. The van der Waals surface area contributed by atoms with Gasteiger partial charge in [0.25, 0.3) is 0 Å². The van der Waals surface area contributed by atoms with E-state index in [0.29, 0.717) is 5.69 Å². The Hall–Kier alpha value is -2.15. The minimum atomic E-state index is 0.429. The molecule has 0 saturated heterocycles. The second-order valence-electron chi connectivity index (χ2n) is 3.45. The van der Waals surface area contributed by atoms with Crippen molar-refractivity contribution >= 4 is 0 Å². The maximum Gasteiger partial charge on any atom is 0.164 e. The summed E-state index contributed by atoms with van der Waals surface area (Å²) in [6.45, 7) is 2.10. The average Bonchev–Trinajstić information content (AvgIpc) is 2.77. The molecule has 0 unspecified atom stereocenters. The van der Waals surface area contributed by atoms with Gasteiger partial charge in [-0.25, -0.2) is 9.97 Å². The SMILES string of the molecule is CCCc1nccn1-c1cccnc1C#N. The fraction of sp³-hybridized carbons (Fsp3) is 0.250. The molecule has 2 heterocycles. The lowest BCUT2D eigenvalue weighted by Crippen LogP contribution is -2.03. The number of imidazole rings is 1. The third kappa shape index (κ3) is 1.80. The van der Waals surface area contributed by atoms with E-state index >= 15 is 0 Å². The van der Waals surface area contributed by atoms with E-state index in [1.165, 1.54) is 0 Å². The largest absolute Gasteiger partial charge is 0.301 e. The van der Waals surface area contributed by atoms with Gasteiger partial charge in [-0.15, -0.1) is 0 Å². The van der Waals surface area contributed by atoms with Gasteiger partial charge >= 0.3 is 0 Å². The number of nitrogens with zero attached hydrogens (tertiary/aromatic N) is 4. The molecule has 2 aromatic rings. The molecule has 0 aliphatic rings. The maximum absolute atomic E-state index is 8.99. The predicted molar refractivity (Wildman–Crippen MR) is 60.1 cm³/mol. The molecule has 4 nitrogen and oxygen atoms in total. The van der Waals surface area contributed by atoms with Crippen LogP contribution in [0.1, 0.15) is 24.9 Å². The third-order valence-electron chi connectivity index (χ3n) is 2.34. The highest BCUT2D eigenvalue weighted by Gasteiger charge is 2.08. The van der Waals surface area contributed by atoms with Crippen LogP contribution in [0.3, 0.4) is 0 Å². The first kappa shape index (κ1) is 10.4. The number of nitriles is 1. The average molecular weight is 212 g/mol. The molecular formula is C12H12N4. The Bertz CT molecular complexity index is 522. The molecule has 0 aliphatic heterocycles. The Morgan fingerprint density at radius 2 is 2.25 bits per heavy atom. The van der Waals surface area contributed by atoms with Crippen LogP contribution in [-0.2, 0) is 6.42 Å². The van der Waals surface area contributed by atoms with E-state index in [4.69, 9.17) is 5.26 Å². The molecule has 0 fully saturated rings. The summed E-state index contributed by atoms with van der Waals surface area (Å²) in [7, 11) is 0. The molecule has 0 bridgehead atoms. The summed E-state index contributed by atoms with van der Waals surface area (Å²) < 4.78 is 1.93. The summed E-state index contributed by atoms with van der Waals surface area (Å²) in [4.78, 5) is 8.33. The lowest BCUT2D eigenvalue weighted by molar-refractivity contribution is 0.806. The van der Waals surface area contributed by atoms with Gasteiger partial charge in [0.1, 0.15) is 11.9 Å². The molecule has 0 spiro atoms. The second-order valence-corrected chi connectivity index (χ2v) is 3.45. The van der Waals surface area contributed by atoms with E-state index in [2.05, 4.69) is 23.0 Å². The zero-order valence-corrected chi connectivity index (χ0v) is 9.09. The monoisotopic (exact) mass is 212 g/mol. The van der Waals surface area contributed by atoms with Crippen LogP contribution in [0.5, 0.6) is 0 Å². The van der Waals surface area contributed by atoms with Crippen LogP contribution < -0.4 is 0 Å². The van der Waals surface area contributed by atoms with E-state index in [-0.39, 0.29) is 0 Å². The van der Waals surface area contributed by atoms with Crippen molar-refractivity contribution in [2.24, 2.45) is 0 Å². The van der Waals surface area contributed by atoms with Crippen LogP contribution in [0, 0.1) is 11.3 Å². The van der Waals surface area contributed by atoms with Crippen LogP contribution in [0.2, 0.25) is 0 Å². The summed E-state index contributed by atoms with van der Waals surface area (Å²) in [6, 6.07) is 5.80. The predicted octanol–water partition coefficient (Wildman–Crippen LogP) is 2.09. The van der Waals surface area contributed by atoms with Crippen molar-refractivity contribution in [3.63, 3.8) is 0 Å². The Balaban J connectivity index is 2.51. The minimum Gasteiger partial charge on any atom is -0.301 e. The lowest BCUT2D eigenvalue weighted by Gasteiger charge is -2.07. The highest BCUT2D eigenvalue weighted by Crippen LogP contribution is 2.14. The van der Waals surface area contributed by atoms with Crippen LogP contribution in [0.15, 0.2) is 30.7 Å². The molecule has 0 amide bonds. The van der Waals surface area contributed by atoms with Crippen LogP contribution >= 0.6 is 0 Å². The number of hydrogen-bond donors (Lipinski definition) is 0. The molecule has 4 heteroatoms. The Morgan fingerprint density at radius 1 is 1.38 bits per heavy atom. The van der Waals surface area contributed by atoms with Crippen molar-refractivity contribution in [3.05, 3.63) is 42.2 Å². The standard InChI is InChI=1S/C12H12N4/c1-2-4-12-15-7-8-16(12)11-5-3-6-14-10(11)9-13/h3,5-8H,2,4H2,1H3. The number of aryl methyl sites for hydroxylation is 1. The van der Waals surface area contributed by atoms with E-state index in [1.54, 1.807) is 12.4 Å². The summed E-state index contributed by atoms with van der Waals surface area (Å²) in [5.74, 6) is 0.965. The van der Waals surface area contributed by atoms with Crippen molar-refractivity contribution in [1.82, 2.24) is 14.5 Å². The van der Waals surface area contributed by atoms with Gasteiger partial charge in [0, 0.05) is 25.0 Å². The molecular weight excluding hydrogens is 200 g/mol. The summed E-state index contributed by atoms with van der Waals surface area (Å²) in [5.41, 5.74) is 1.23. The van der Waals surface area contributed by atoms with E-state index < -0.39 is 0 Å². The van der Waals surface area contributed by atoms with Gasteiger partial charge in [-0.1, -0.05) is 6.92 Å². The molecule has 2 aromatic heterocycles. The number of pyridine rings is 1. The molecule has 0 saturated carbocycles. The van der Waals surface area contributed by atoms with Crippen molar-refractivity contribution in [1.29, 1.82) is 5.26 Å². The third-order valence-corrected chi connectivity index (χ3v) is 2.34. The zero-order chi connectivity index (χ0) is 11.4. The topological polar surface area (TPSA) is 54.5 Å². The molecule has 0 atom stereocenters. The van der Waals surface area contributed by atoms with Gasteiger partial charge in [0.2, 0.25) is 0 Å². The van der Waals surface area contributed by atoms with E-state index in [0.717, 1.165) is 24.4 Å². The van der Waals surface area contributed by atoms with Crippen molar-refractivity contribution in [3.8, 4) is 11.8 Å². The minimum absolute atomic E-state index is 0.429. The summed E-state index contributed by atoms with van der Waals surface area (Å²) in [5, 5.41) is 8.99. The molecule has 2 rings (SSSR count). The van der Waals surface area contributed by atoms with Crippen molar-refractivity contribution in [2.75, 3.05) is 0 Å². The first-order chi connectivity index (χ1) is 7.86. The van der Waals surface area contributed by atoms with Crippen LogP contribution in [0.25, 0.3) is 5.69 Å². The first-order valence-corrected chi connectivity index (χ1v) is 5.24. The van der Waals surface area contributed by atoms with Gasteiger partial charge in [-0.2, -0.15) is 5.26 Å². The fourth-order valence-electron chi connectivity index (χ4n) is 1.64. The zero-order valence-electron chi connectivity index (χ0n) is 9.09. The summed E-state index contributed by atoms with van der Waals surface area (Å²) >= 11 is 0. The van der Waals surface area contributed by atoms with Crippen LogP contribution in [0.4, 0.5) is 0 Å². The van der Waals surface area contributed by atoms with Gasteiger partial charge in [0.05, 0.1) is 5.69 Å². The van der Waals surface area contributed by atoms with Gasteiger partial charge in [0.15, 0.2) is 5.69 Å². The molecule has 80 valence electrons. The number of aromatic nitrogens is 3. The lowest BCUT2D eigenvalue weighted by atomic mass is 10.2. The molecule has 0 radical (unpaired) electrons. The maximum atomic E-state index is 8.99.